The molecule has 1 atom stereocenters. The fraction of sp³-hybridized carbons (Fsp3) is 0.714. The zero-order valence-corrected chi connectivity index (χ0v) is 8.84. The molecular formula is C7H14F2O4S. The van der Waals surface area contributed by atoms with Crippen molar-refractivity contribution in [2.75, 3.05) is 6.61 Å². The van der Waals surface area contributed by atoms with Gasteiger partial charge in [-0.15, -0.1) is 0 Å². The van der Waals surface area contributed by atoms with E-state index in [2.05, 4.69) is 11.3 Å². The number of ether oxygens (including phenoxy) is 2. The summed E-state index contributed by atoms with van der Waals surface area (Å²) in [4.78, 5) is 0. The first-order valence-electron chi connectivity index (χ1n) is 3.80. The molecule has 0 spiro atoms. The average Bonchev–Trinajstić information content (AvgIpc) is 2.02. The van der Waals surface area contributed by atoms with Gasteiger partial charge >= 0.3 is 15.3 Å². The van der Waals surface area contributed by atoms with Crippen molar-refractivity contribution in [3.05, 3.63) is 12.8 Å². The second-order valence-corrected chi connectivity index (χ2v) is 3.69. The van der Waals surface area contributed by atoms with E-state index in [1.807, 2.05) is 0 Å². The average molecular weight is 232 g/mol. The molecule has 0 fully saturated rings. The molecule has 0 aromatic carbocycles. The third-order valence-electron chi connectivity index (χ3n) is 1.43. The minimum atomic E-state index is -4.92. The number of halogens is 2. The molecule has 1 unspecified atom stereocenters. The first kappa shape index (κ1) is 15.8. The zero-order valence-electron chi connectivity index (χ0n) is 8.03. The van der Waals surface area contributed by atoms with Crippen molar-refractivity contribution in [2.45, 2.75) is 25.4 Å². The second-order valence-electron chi connectivity index (χ2n) is 2.19. The summed E-state index contributed by atoms with van der Waals surface area (Å²) < 4.78 is 43.4. The van der Waals surface area contributed by atoms with Gasteiger partial charge in [0.2, 0.25) is 0 Å². The van der Waals surface area contributed by atoms with Gasteiger partial charge in [0.15, 0.2) is 0 Å². The van der Waals surface area contributed by atoms with E-state index < -0.39 is 15.3 Å². The Kier molecular flexibility index (Phi) is 6.67. The second kappa shape index (κ2) is 5.92. The Balaban J connectivity index is 0. The molecule has 0 rings (SSSR count). The van der Waals surface area contributed by atoms with E-state index in [4.69, 9.17) is 4.74 Å². The third-order valence-corrected chi connectivity index (χ3v) is 2.68. The molecule has 0 aromatic rings. The fourth-order valence-corrected chi connectivity index (χ4v) is 1.65. The van der Waals surface area contributed by atoms with Crippen LogP contribution in [0.25, 0.3) is 0 Å². The van der Waals surface area contributed by atoms with E-state index in [1.165, 1.54) is 6.92 Å². The Labute approximate surface area is 82.3 Å². The van der Waals surface area contributed by atoms with Crippen molar-refractivity contribution in [1.29, 1.82) is 0 Å². The zero-order chi connectivity index (χ0) is 10.5. The number of hydrogen-bond acceptors (Lipinski definition) is 4. The summed E-state index contributed by atoms with van der Waals surface area (Å²) in [5, 5.41) is -2.23. The van der Waals surface area contributed by atoms with Gasteiger partial charge in [-0.1, -0.05) is 17.4 Å². The van der Waals surface area contributed by atoms with Crippen LogP contribution in [0.1, 0.15) is 20.3 Å². The standard InChI is InChI=1S/C7H13FO4S.FH/c1-4-7(11-5-2,12-6-3)13(8,9)10;/h5H,2,4,6H2,1,3H3;1H. The molecule has 0 heterocycles. The maximum atomic E-state index is 12.8. The van der Waals surface area contributed by atoms with Crippen LogP contribution in [0.3, 0.4) is 0 Å². The third kappa shape index (κ3) is 3.22. The van der Waals surface area contributed by atoms with Gasteiger partial charge in [0.05, 0.1) is 6.26 Å². The lowest BCUT2D eigenvalue weighted by Crippen LogP contribution is -2.40. The van der Waals surface area contributed by atoms with Crippen LogP contribution in [-0.4, -0.2) is 20.1 Å². The Hall–Kier alpha value is -0.690. The van der Waals surface area contributed by atoms with Crippen LogP contribution in [-0.2, 0) is 19.7 Å². The molecule has 0 saturated carbocycles. The van der Waals surface area contributed by atoms with E-state index in [0.29, 0.717) is 0 Å². The Bertz CT molecular complexity index is 265. The molecule has 0 saturated heterocycles. The van der Waals surface area contributed by atoms with Gasteiger partial charge in [0.25, 0.3) is 0 Å². The number of hydrogen-bond donors (Lipinski definition) is 0. The van der Waals surface area contributed by atoms with Gasteiger partial charge in [0.1, 0.15) is 0 Å². The van der Waals surface area contributed by atoms with Crippen molar-refractivity contribution in [3.8, 4) is 0 Å². The lowest BCUT2D eigenvalue weighted by Gasteiger charge is -2.26. The van der Waals surface area contributed by atoms with Crippen LogP contribution >= 0.6 is 0 Å². The molecule has 14 heavy (non-hydrogen) atoms. The van der Waals surface area contributed by atoms with E-state index in [9.17, 15) is 12.3 Å². The molecular weight excluding hydrogens is 218 g/mol. The molecule has 0 radical (unpaired) electrons. The van der Waals surface area contributed by atoms with Crippen LogP contribution < -0.4 is 0 Å². The highest BCUT2D eigenvalue weighted by Crippen LogP contribution is 2.27. The van der Waals surface area contributed by atoms with Crippen molar-refractivity contribution in [2.24, 2.45) is 0 Å². The maximum Gasteiger partial charge on any atom is 0.371 e. The Morgan fingerprint density at radius 2 is 2.00 bits per heavy atom. The molecule has 0 aromatic heterocycles. The SMILES string of the molecule is C=COC(CC)(OCC)S(=O)(=O)F.F. The lowest BCUT2D eigenvalue weighted by atomic mass is 10.4. The quantitative estimate of drug-likeness (QED) is 0.397. The van der Waals surface area contributed by atoms with Crippen molar-refractivity contribution < 1.29 is 26.5 Å². The van der Waals surface area contributed by atoms with Gasteiger partial charge in [-0.2, -0.15) is 8.42 Å². The Morgan fingerprint density at radius 3 is 2.21 bits per heavy atom. The van der Waals surface area contributed by atoms with Gasteiger partial charge in [-0.05, 0) is 6.92 Å². The molecule has 0 aliphatic rings. The van der Waals surface area contributed by atoms with Gasteiger partial charge in [-0.3, -0.25) is 4.70 Å². The van der Waals surface area contributed by atoms with Crippen molar-refractivity contribution >= 4 is 10.2 Å². The molecule has 0 bridgehead atoms. The monoisotopic (exact) mass is 232 g/mol. The van der Waals surface area contributed by atoms with Crippen LogP contribution in [0, 0.1) is 0 Å². The van der Waals surface area contributed by atoms with Crippen molar-refractivity contribution in [3.63, 3.8) is 0 Å². The smallest absolute Gasteiger partial charge is 0.371 e. The molecule has 0 N–H and O–H groups in total. The maximum absolute atomic E-state index is 12.8. The Morgan fingerprint density at radius 1 is 1.50 bits per heavy atom. The fourth-order valence-electron chi connectivity index (χ4n) is 0.867. The minimum Gasteiger partial charge on any atom is -0.455 e. The van der Waals surface area contributed by atoms with Gasteiger partial charge in [-0.25, -0.2) is 0 Å². The van der Waals surface area contributed by atoms with E-state index in [0.717, 1.165) is 6.26 Å². The van der Waals surface area contributed by atoms with Crippen LogP contribution in [0.5, 0.6) is 0 Å². The molecule has 7 heteroatoms. The van der Waals surface area contributed by atoms with Crippen LogP contribution in [0.2, 0.25) is 0 Å². The predicted octanol–water partition coefficient (Wildman–Crippen LogP) is 1.70. The lowest BCUT2D eigenvalue weighted by molar-refractivity contribution is -0.144. The van der Waals surface area contributed by atoms with E-state index in [-0.39, 0.29) is 17.7 Å². The summed E-state index contributed by atoms with van der Waals surface area (Å²) in [6.07, 6.45) is 0.696. The first-order chi connectivity index (χ1) is 5.93. The molecule has 0 aliphatic carbocycles. The van der Waals surface area contributed by atoms with Gasteiger partial charge in [0, 0.05) is 13.0 Å². The summed E-state index contributed by atoms with van der Waals surface area (Å²) in [6, 6.07) is 0. The summed E-state index contributed by atoms with van der Waals surface area (Å²) >= 11 is 0. The molecule has 4 nitrogen and oxygen atoms in total. The van der Waals surface area contributed by atoms with E-state index >= 15 is 0 Å². The summed E-state index contributed by atoms with van der Waals surface area (Å²) in [7, 11) is -4.92. The first-order valence-corrected chi connectivity index (χ1v) is 5.18. The topological polar surface area (TPSA) is 52.6 Å². The summed E-state index contributed by atoms with van der Waals surface area (Å²) in [5.74, 6) is 0. The molecule has 0 amide bonds. The highest BCUT2D eigenvalue weighted by Gasteiger charge is 2.46. The van der Waals surface area contributed by atoms with Gasteiger partial charge < -0.3 is 9.47 Å². The van der Waals surface area contributed by atoms with Crippen LogP contribution in [0.15, 0.2) is 12.8 Å². The highest BCUT2D eigenvalue weighted by atomic mass is 32.3. The number of rotatable bonds is 6. The predicted molar refractivity (Wildman–Crippen MR) is 48.5 cm³/mol. The van der Waals surface area contributed by atoms with Crippen molar-refractivity contribution in [1.82, 2.24) is 0 Å². The largest absolute Gasteiger partial charge is 0.455 e. The summed E-state index contributed by atoms with van der Waals surface area (Å²) in [5.41, 5.74) is 0. The summed E-state index contributed by atoms with van der Waals surface area (Å²) in [6.45, 7) is 6.17. The minimum absolute atomic E-state index is 0. The molecule has 86 valence electrons. The molecule has 0 aliphatic heterocycles. The van der Waals surface area contributed by atoms with Crippen LogP contribution in [0.4, 0.5) is 8.59 Å². The highest BCUT2D eigenvalue weighted by molar-refractivity contribution is 7.87. The van der Waals surface area contributed by atoms with E-state index in [1.54, 1.807) is 6.92 Å². The normalized spacial score (nSPS) is 15.1.